The van der Waals surface area contributed by atoms with Crippen LogP contribution in [-0.4, -0.2) is 58.3 Å². The summed E-state index contributed by atoms with van der Waals surface area (Å²) in [5, 5.41) is 0.700. The number of nitrogens with one attached hydrogen (secondary N) is 1. The van der Waals surface area contributed by atoms with Crippen molar-refractivity contribution in [1.29, 1.82) is 0 Å². The third-order valence-electron chi connectivity index (χ3n) is 5.90. The predicted molar refractivity (Wildman–Crippen MR) is 127 cm³/mol. The second kappa shape index (κ2) is 10.0. The zero-order valence-corrected chi connectivity index (χ0v) is 20.2. The number of H-pyrrole nitrogens is 1. The van der Waals surface area contributed by atoms with Gasteiger partial charge in [0, 0.05) is 36.7 Å². The topological polar surface area (TPSA) is 107 Å². The van der Waals surface area contributed by atoms with Crippen LogP contribution in [0.15, 0.2) is 52.2 Å². The molecule has 1 saturated heterocycles. The van der Waals surface area contributed by atoms with E-state index < -0.39 is 10.0 Å². The molecule has 0 amide bonds. The molecule has 0 spiro atoms. The van der Waals surface area contributed by atoms with Crippen LogP contribution in [0.2, 0.25) is 0 Å². The van der Waals surface area contributed by atoms with E-state index in [1.54, 1.807) is 30.3 Å². The SMILES string of the molecule is COc1ccc(S(=O)(=O)N(Cc2cc3cc(OC)c(OC)cc3[nH]c2=O)CC2CCCO2)cc1. The van der Waals surface area contributed by atoms with Gasteiger partial charge in [0.05, 0.1) is 37.8 Å². The molecule has 2 heterocycles. The summed E-state index contributed by atoms with van der Waals surface area (Å²) in [6.07, 6.45) is 1.41. The van der Waals surface area contributed by atoms with Crippen molar-refractivity contribution in [3.8, 4) is 17.2 Å². The van der Waals surface area contributed by atoms with Gasteiger partial charge in [-0.1, -0.05) is 0 Å². The summed E-state index contributed by atoms with van der Waals surface area (Å²) in [7, 11) is 0.659. The number of fused-ring (bicyclic) bond motifs is 1. The van der Waals surface area contributed by atoms with E-state index in [0.717, 1.165) is 12.8 Å². The molecule has 182 valence electrons. The van der Waals surface area contributed by atoms with Crippen LogP contribution in [0.1, 0.15) is 18.4 Å². The largest absolute Gasteiger partial charge is 0.497 e. The second-order valence-electron chi connectivity index (χ2n) is 8.03. The molecule has 1 aromatic heterocycles. The summed E-state index contributed by atoms with van der Waals surface area (Å²) in [4.78, 5) is 15.9. The number of methoxy groups -OCH3 is 3. The van der Waals surface area contributed by atoms with Gasteiger partial charge in [0.1, 0.15) is 5.75 Å². The number of rotatable bonds is 9. The van der Waals surface area contributed by atoms with E-state index in [9.17, 15) is 13.2 Å². The lowest BCUT2D eigenvalue weighted by atomic mass is 10.1. The summed E-state index contributed by atoms with van der Waals surface area (Å²) in [5.74, 6) is 1.55. The molecule has 0 bridgehead atoms. The highest BCUT2D eigenvalue weighted by atomic mass is 32.2. The predicted octanol–water partition coefficient (Wildman–Crippen LogP) is 2.92. The molecule has 3 aromatic rings. The minimum Gasteiger partial charge on any atom is -0.497 e. The number of pyridine rings is 1. The van der Waals surface area contributed by atoms with Crippen LogP contribution >= 0.6 is 0 Å². The Morgan fingerprint density at radius 3 is 2.35 bits per heavy atom. The summed E-state index contributed by atoms with van der Waals surface area (Å²) in [6.45, 7) is 0.644. The van der Waals surface area contributed by atoms with Crippen molar-refractivity contribution in [3.63, 3.8) is 0 Å². The molecule has 1 aliphatic rings. The van der Waals surface area contributed by atoms with Crippen molar-refractivity contribution in [2.24, 2.45) is 0 Å². The molecule has 9 nitrogen and oxygen atoms in total. The van der Waals surface area contributed by atoms with Crippen molar-refractivity contribution >= 4 is 20.9 Å². The van der Waals surface area contributed by atoms with E-state index in [0.29, 0.717) is 40.3 Å². The smallest absolute Gasteiger partial charge is 0.252 e. The molecule has 0 aliphatic carbocycles. The van der Waals surface area contributed by atoms with Gasteiger partial charge >= 0.3 is 0 Å². The maximum absolute atomic E-state index is 13.6. The highest BCUT2D eigenvalue weighted by Crippen LogP contribution is 2.31. The standard InChI is InChI=1S/C24H28N2O7S/c1-30-18-6-8-20(9-7-18)34(28,29)26(15-19-5-4-10-33-19)14-17-11-16-12-22(31-2)23(32-3)13-21(16)25-24(17)27/h6-9,11-13,19H,4-5,10,14-15H2,1-3H3,(H,25,27). The first kappa shape index (κ1) is 24.1. The maximum Gasteiger partial charge on any atom is 0.252 e. The Labute approximate surface area is 198 Å². The Bertz CT molecular complexity index is 1310. The van der Waals surface area contributed by atoms with Gasteiger partial charge in [0.2, 0.25) is 10.0 Å². The van der Waals surface area contributed by atoms with Gasteiger partial charge in [-0.25, -0.2) is 8.42 Å². The molecule has 1 atom stereocenters. The van der Waals surface area contributed by atoms with E-state index in [1.807, 2.05) is 0 Å². The average Bonchev–Trinajstić information content (AvgIpc) is 3.36. The molecule has 4 rings (SSSR count). The van der Waals surface area contributed by atoms with Crippen LogP contribution in [-0.2, 0) is 21.3 Å². The van der Waals surface area contributed by atoms with Crippen molar-refractivity contribution in [3.05, 3.63) is 58.4 Å². The number of ether oxygens (including phenoxy) is 4. The number of aromatic amines is 1. The fourth-order valence-electron chi connectivity index (χ4n) is 4.05. The first-order chi connectivity index (χ1) is 16.3. The minimum atomic E-state index is -3.90. The summed E-state index contributed by atoms with van der Waals surface area (Å²) < 4.78 is 50.0. The average molecular weight is 489 g/mol. The third-order valence-corrected chi connectivity index (χ3v) is 7.73. The molecule has 34 heavy (non-hydrogen) atoms. The maximum atomic E-state index is 13.6. The highest BCUT2D eigenvalue weighted by molar-refractivity contribution is 7.89. The minimum absolute atomic E-state index is 0.103. The first-order valence-electron chi connectivity index (χ1n) is 10.9. The van der Waals surface area contributed by atoms with Crippen LogP contribution < -0.4 is 19.8 Å². The van der Waals surface area contributed by atoms with E-state index in [1.165, 1.54) is 37.8 Å². The van der Waals surface area contributed by atoms with Gasteiger partial charge in [0.25, 0.3) is 5.56 Å². The molecule has 1 fully saturated rings. The third kappa shape index (κ3) is 4.89. The highest BCUT2D eigenvalue weighted by Gasteiger charge is 2.30. The Morgan fingerprint density at radius 1 is 1.03 bits per heavy atom. The summed E-state index contributed by atoms with van der Waals surface area (Å²) >= 11 is 0. The van der Waals surface area contributed by atoms with Crippen molar-refractivity contribution in [1.82, 2.24) is 9.29 Å². The van der Waals surface area contributed by atoms with E-state index in [4.69, 9.17) is 18.9 Å². The zero-order chi connectivity index (χ0) is 24.3. The Hall–Kier alpha value is -3.08. The van der Waals surface area contributed by atoms with Crippen molar-refractivity contribution in [2.45, 2.75) is 30.4 Å². The van der Waals surface area contributed by atoms with Crippen molar-refractivity contribution in [2.75, 3.05) is 34.5 Å². The van der Waals surface area contributed by atoms with Gasteiger partial charge < -0.3 is 23.9 Å². The van der Waals surface area contributed by atoms with Crippen LogP contribution in [0.5, 0.6) is 17.2 Å². The Balaban J connectivity index is 1.73. The fourth-order valence-corrected chi connectivity index (χ4v) is 5.50. The molecule has 2 aromatic carbocycles. The number of nitrogens with zero attached hydrogens (tertiary/aromatic N) is 1. The Morgan fingerprint density at radius 2 is 1.74 bits per heavy atom. The molecular formula is C24H28N2O7S. The Kier molecular flexibility index (Phi) is 7.11. The lowest BCUT2D eigenvalue weighted by molar-refractivity contribution is 0.0925. The van der Waals surface area contributed by atoms with Crippen LogP contribution in [0.25, 0.3) is 10.9 Å². The second-order valence-corrected chi connectivity index (χ2v) is 9.96. The first-order valence-corrected chi connectivity index (χ1v) is 12.3. The van der Waals surface area contributed by atoms with Gasteiger partial charge in [-0.05, 0) is 49.2 Å². The van der Waals surface area contributed by atoms with Gasteiger partial charge in [-0.15, -0.1) is 0 Å². The number of hydrogen-bond donors (Lipinski definition) is 1. The van der Waals surface area contributed by atoms with Crippen LogP contribution in [0, 0.1) is 0 Å². The van der Waals surface area contributed by atoms with E-state index in [2.05, 4.69) is 4.98 Å². The fraction of sp³-hybridized carbons (Fsp3) is 0.375. The summed E-state index contributed by atoms with van der Waals surface area (Å²) in [5.41, 5.74) is 0.506. The lowest BCUT2D eigenvalue weighted by Gasteiger charge is -2.25. The quantitative estimate of drug-likeness (QED) is 0.493. The van der Waals surface area contributed by atoms with E-state index in [-0.39, 0.29) is 29.6 Å². The van der Waals surface area contributed by atoms with Gasteiger partial charge in [-0.3, -0.25) is 4.79 Å². The molecule has 1 N–H and O–H groups in total. The molecule has 1 unspecified atom stereocenters. The molecule has 0 radical (unpaired) electrons. The number of benzene rings is 2. The zero-order valence-electron chi connectivity index (χ0n) is 19.4. The van der Waals surface area contributed by atoms with Crippen LogP contribution in [0.3, 0.4) is 0 Å². The van der Waals surface area contributed by atoms with Gasteiger partial charge in [0.15, 0.2) is 11.5 Å². The lowest BCUT2D eigenvalue weighted by Crippen LogP contribution is -2.38. The molecular weight excluding hydrogens is 460 g/mol. The number of hydrogen-bond acceptors (Lipinski definition) is 7. The van der Waals surface area contributed by atoms with Crippen LogP contribution in [0.4, 0.5) is 0 Å². The molecule has 0 saturated carbocycles. The summed E-state index contributed by atoms with van der Waals surface area (Å²) in [6, 6.07) is 11.3. The normalized spacial score (nSPS) is 16.2. The van der Waals surface area contributed by atoms with E-state index >= 15 is 0 Å². The molecule has 10 heteroatoms. The molecule has 1 aliphatic heterocycles. The van der Waals surface area contributed by atoms with Gasteiger partial charge in [-0.2, -0.15) is 4.31 Å². The number of aromatic nitrogens is 1. The monoisotopic (exact) mass is 488 g/mol. The van der Waals surface area contributed by atoms with Crippen molar-refractivity contribution < 1.29 is 27.4 Å². The number of sulfonamides is 1.